The van der Waals surface area contributed by atoms with Gasteiger partial charge in [-0.3, -0.25) is 9.59 Å². The van der Waals surface area contributed by atoms with Gasteiger partial charge in [0.15, 0.2) is 0 Å². The van der Waals surface area contributed by atoms with E-state index in [0.717, 1.165) is 31.2 Å². The molecule has 158 valence electrons. The fourth-order valence-corrected chi connectivity index (χ4v) is 5.79. The highest BCUT2D eigenvalue weighted by Gasteiger charge is 2.26. The molecule has 0 N–H and O–H groups in total. The summed E-state index contributed by atoms with van der Waals surface area (Å²) < 4.78 is 2.89. The van der Waals surface area contributed by atoms with Crippen molar-refractivity contribution in [2.24, 2.45) is 0 Å². The fraction of sp³-hybridized carbons (Fsp3) is 0.167. The van der Waals surface area contributed by atoms with Crippen molar-refractivity contribution in [3.8, 4) is 5.69 Å². The first-order valence-corrected chi connectivity index (χ1v) is 11.6. The largest absolute Gasteiger partial charge is 0.285 e. The number of carbonyl (C=O) groups is 1. The zero-order chi connectivity index (χ0) is 21.8. The molecule has 6 nitrogen and oxygen atoms in total. The van der Waals surface area contributed by atoms with Crippen LogP contribution in [0.3, 0.4) is 0 Å². The van der Waals surface area contributed by atoms with Gasteiger partial charge in [-0.25, -0.2) is 9.38 Å². The number of halogens is 1. The molecule has 5 aromatic rings. The third-order valence-electron chi connectivity index (χ3n) is 5.86. The summed E-state index contributed by atoms with van der Waals surface area (Å²) in [5.74, 6) is 0.0210. The lowest BCUT2D eigenvalue weighted by Gasteiger charge is -2.09. The molecular weight excluding hydrogens is 444 g/mol. The molecule has 3 aromatic heterocycles. The van der Waals surface area contributed by atoms with Crippen molar-refractivity contribution in [2.45, 2.75) is 25.7 Å². The third kappa shape index (κ3) is 2.92. The van der Waals surface area contributed by atoms with Gasteiger partial charge in [-0.15, -0.1) is 16.4 Å². The van der Waals surface area contributed by atoms with Crippen LogP contribution in [0, 0.1) is 0 Å². The van der Waals surface area contributed by atoms with Gasteiger partial charge in [0, 0.05) is 15.5 Å². The molecule has 0 radical (unpaired) electrons. The Kier molecular flexibility index (Phi) is 4.48. The second kappa shape index (κ2) is 7.39. The molecule has 6 rings (SSSR count). The predicted octanol–water partition coefficient (Wildman–Crippen LogP) is 4.86. The molecule has 0 unspecified atom stereocenters. The Bertz CT molecular complexity index is 1580. The maximum atomic E-state index is 13.8. The van der Waals surface area contributed by atoms with Crippen molar-refractivity contribution < 1.29 is 4.79 Å². The molecule has 32 heavy (non-hydrogen) atoms. The average Bonchev–Trinajstić information content (AvgIpc) is 3.38. The number of hydrogen-bond acceptors (Lipinski definition) is 5. The van der Waals surface area contributed by atoms with E-state index >= 15 is 0 Å². The lowest BCUT2D eigenvalue weighted by atomic mass is 9.97. The lowest BCUT2D eigenvalue weighted by molar-refractivity contribution is 0.102. The maximum Gasteiger partial charge on any atom is 0.270 e. The van der Waals surface area contributed by atoms with Crippen LogP contribution in [0.1, 0.15) is 39.5 Å². The van der Waals surface area contributed by atoms with E-state index in [0.29, 0.717) is 32.3 Å². The van der Waals surface area contributed by atoms with Gasteiger partial charge in [-0.2, -0.15) is 4.68 Å². The Balaban J connectivity index is 1.71. The first kappa shape index (κ1) is 19.4. The first-order chi connectivity index (χ1) is 15.6. The van der Waals surface area contributed by atoms with Crippen molar-refractivity contribution in [3.05, 3.63) is 91.8 Å². The third-order valence-corrected chi connectivity index (χ3v) is 7.28. The molecule has 1 aliphatic carbocycles. The number of nitrogens with zero attached hydrogens (tertiary/aromatic N) is 4. The molecule has 0 spiro atoms. The number of benzene rings is 2. The zero-order valence-corrected chi connectivity index (χ0v) is 18.5. The minimum Gasteiger partial charge on any atom is -0.285 e. The summed E-state index contributed by atoms with van der Waals surface area (Å²) in [6.07, 6.45) is 4.00. The molecule has 0 saturated heterocycles. The second-order valence-corrected chi connectivity index (χ2v) is 9.37. The van der Waals surface area contributed by atoms with Gasteiger partial charge in [0.25, 0.3) is 5.56 Å². The van der Waals surface area contributed by atoms with Gasteiger partial charge in [-0.1, -0.05) is 48.0 Å². The van der Waals surface area contributed by atoms with Crippen LogP contribution in [0.2, 0.25) is 5.02 Å². The van der Waals surface area contributed by atoms with Crippen LogP contribution in [0.15, 0.2) is 59.4 Å². The van der Waals surface area contributed by atoms with E-state index in [4.69, 9.17) is 16.6 Å². The molecule has 2 aromatic carbocycles. The average molecular weight is 461 g/mol. The molecule has 0 aliphatic heterocycles. The van der Waals surface area contributed by atoms with Crippen LogP contribution >= 0.6 is 22.9 Å². The molecule has 0 amide bonds. The number of fused-ring (bicyclic) bond motifs is 4. The van der Waals surface area contributed by atoms with Gasteiger partial charge in [-0.05, 0) is 49.4 Å². The van der Waals surface area contributed by atoms with E-state index in [9.17, 15) is 9.59 Å². The summed E-state index contributed by atoms with van der Waals surface area (Å²) in [4.78, 5) is 33.9. The molecule has 0 atom stereocenters. The van der Waals surface area contributed by atoms with Crippen molar-refractivity contribution in [1.82, 2.24) is 19.2 Å². The van der Waals surface area contributed by atoms with E-state index < -0.39 is 0 Å². The Morgan fingerprint density at radius 3 is 2.66 bits per heavy atom. The summed E-state index contributed by atoms with van der Waals surface area (Å²) in [5, 5.41) is 5.72. The summed E-state index contributed by atoms with van der Waals surface area (Å²) in [5.41, 5.74) is 1.94. The van der Waals surface area contributed by atoms with Crippen LogP contribution in [-0.2, 0) is 12.8 Å². The molecule has 8 heteroatoms. The Morgan fingerprint density at radius 1 is 1.03 bits per heavy atom. The number of thiophene rings is 1. The quantitative estimate of drug-likeness (QED) is 0.360. The van der Waals surface area contributed by atoms with Crippen LogP contribution in [0.25, 0.3) is 21.7 Å². The van der Waals surface area contributed by atoms with Crippen molar-refractivity contribution in [1.29, 1.82) is 0 Å². The Morgan fingerprint density at radius 2 is 1.84 bits per heavy atom. The van der Waals surface area contributed by atoms with Crippen LogP contribution in [0.4, 0.5) is 0 Å². The number of ketones is 1. The summed E-state index contributed by atoms with van der Waals surface area (Å²) in [6, 6.07) is 16.0. The lowest BCUT2D eigenvalue weighted by Crippen LogP contribution is -2.20. The highest BCUT2D eigenvalue weighted by atomic mass is 35.5. The van der Waals surface area contributed by atoms with Crippen molar-refractivity contribution in [2.75, 3.05) is 0 Å². The van der Waals surface area contributed by atoms with Gasteiger partial charge in [0.05, 0.1) is 11.1 Å². The van der Waals surface area contributed by atoms with Gasteiger partial charge in [0.1, 0.15) is 4.83 Å². The topological polar surface area (TPSA) is 69.3 Å². The van der Waals surface area contributed by atoms with E-state index in [1.165, 1.54) is 14.0 Å². The van der Waals surface area contributed by atoms with Gasteiger partial charge < -0.3 is 0 Å². The van der Waals surface area contributed by atoms with Crippen molar-refractivity contribution >= 4 is 44.7 Å². The number of carbonyl (C=O) groups excluding carboxylic acids is 1. The summed E-state index contributed by atoms with van der Waals surface area (Å²) in [7, 11) is 0. The number of rotatable bonds is 3. The van der Waals surface area contributed by atoms with Crippen LogP contribution in [0.5, 0.6) is 0 Å². The first-order valence-electron chi connectivity index (χ1n) is 10.4. The number of aryl methyl sites for hydroxylation is 2. The summed E-state index contributed by atoms with van der Waals surface area (Å²) >= 11 is 7.78. The molecule has 0 fully saturated rings. The summed E-state index contributed by atoms with van der Waals surface area (Å²) in [6.45, 7) is 0. The number of aromatic nitrogens is 4. The Hall–Kier alpha value is -3.29. The van der Waals surface area contributed by atoms with E-state index in [1.807, 2.05) is 12.1 Å². The van der Waals surface area contributed by atoms with E-state index in [2.05, 4.69) is 5.10 Å². The number of hydrogen-bond donors (Lipinski definition) is 0. The Labute approximate surface area is 191 Å². The SMILES string of the molecule is O=C(c1ccccc1)c1nn(-c2cccc(Cl)c2)c2nc3sc4c(c3c(=O)n12)CCCC4. The predicted molar refractivity (Wildman–Crippen MR) is 125 cm³/mol. The smallest absolute Gasteiger partial charge is 0.270 e. The molecule has 1 aliphatic rings. The second-order valence-electron chi connectivity index (χ2n) is 7.85. The fourth-order valence-electron chi connectivity index (χ4n) is 4.36. The van der Waals surface area contributed by atoms with Crippen LogP contribution < -0.4 is 5.56 Å². The molecule has 0 bridgehead atoms. The molecule has 0 saturated carbocycles. The van der Waals surface area contributed by atoms with Gasteiger partial charge >= 0.3 is 0 Å². The minimum absolute atomic E-state index is 0.0429. The van der Waals surface area contributed by atoms with E-state index in [-0.39, 0.29) is 17.2 Å². The molecular formula is C24H17ClN4O2S. The highest BCUT2D eigenvalue weighted by Crippen LogP contribution is 2.34. The van der Waals surface area contributed by atoms with Crippen molar-refractivity contribution in [3.63, 3.8) is 0 Å². The zero-order valence-electron chi connectivity index (χ0n) is 16.9. The highest BCUT2D eigenvalue weighted by molar-refractivity contribution is 7.18. The van der Waals surface area contributed by atoms with Crippen LogP contribution in [-0.4, -0.2) is 24.9 Å². The molecule has 3 heterocycles. The normalized spacial score (nSPS) is 13.5. The standard InChI is InChI=1S/C24H17ClN4O2S/c25-15-9-6-10-16(13-15)29-24-26-22-19(17-11-4-5-12-18(17)32-22)23(31)28(24)21(27-29)20(30)14-7-2-1-3-8-14/h1-3,6-10,13H,4-5,11-12H2. The maximum absolute atomic E-state index is 13.8. The minimum atomic E-state index is -0.330. The van der Waals surface area contributed by atoms with Gasteiger partial charge in [0.2, 0.25) is 17.4 Å². The monoisotopic (exact) mass is 460 g/mol. The van der Waals surface area contributed by atoms with E-state index in [1.54, 1.807) is 53.8 Å².